The topological polar surface area (TPSA) is 334 Å². The number of nitrogens with zero attached hydrogens (tertiary/aromatic N) is 3. The van der Waals surface area contributed by atoms with E-state index in [1.807, 2.05) is 0 Å². The highest BCUT2D eigenvalue weighted by molar-refractivity contribution is 6.03. The van der Waals surface area contributed by atoms with Crippen LogP contribution >= 0.6 is 0 Å². The molecule has 2 aliphatic heterocycles. The number of unbranched alkanes of at least 4 members (excludes halogenated alkanes) is 3. The fourth-order valence-corrected chi connectivity index (χ4v) is 7.86. The van der Waals surface area contributed by atoms with E-state index in [0.717, 1.165) is 10.5 Å². The van der Waals surface area contributed by atoms with Crippen molar-refractivity contribution in [2.75, 3.05) is 32.7 Å². The third-order valence-electron chi connectivity index (χ3n) is 11.0. The maximum Gasteiger partial charge on any atom is 0.326 e. The van der Waals surface area contributed by atoms with Crippen LogP contribution in [-0.2, 0) is 40.0 Å². The van der Waals surface area contributed by atoms with Crippen LogP contribution in [-0.4, -0.2) is 147 Å². The number of benzene rings is 1. The summed E-state index contributed by atoms with van der Waals surface area (Å²) in [6.07, 6.45) is 2.76. The van der Waals surface area contributed by atoms with Gasteiger partial charge in [0.2, 0.25) is 35.4 Å². The Labute approximate surface area is 357 Å². The molecule has 3 rings (SSSR count). The monoisotopic (exact) mass is 858 g/mol. The fourth-order valence-electron chi connectivity index (χ4n) is 7.86. The van der Waals surface area contributed by atoms with Crippen LogP contribution in [0.25, 0.3) is 0 Å². The molecule has 20 nitrogen and oxygen atoms in total. The van der Waals surface area contributed by atoms with Crippen molar-refractivity contribution in [1.29, 1.82) is 5.41 Å². The van der Waals surface area contributed by atoms with Crippen molar-refractivity contribution in [2.24, 2.45) is 22.9 Å². The van der Waals surface area contributed by atoms with E-state index in [9.17, 15) is 43.8 Å². The van der Waals surface area contributed by atoms with Gasteiger partial charge in [-0.15, -0.1) is 0 Å². The standard InChI is InChI=1S/C41H67N11O9/c1-26(53)34(52(33(54)19-6-3-8-20-42)37(57)28(44)25-27-13-4-2-5-14-27)36(56)48-29(15-7-9-21-43)38(58)51-24-12-18-32(51)39(59)50-23-11-17-31(50)35(55)49-30(40(60)61)16-10-22-47-41(45)46/h2,4-5,13-14,26,28-32,34,53H,3,6-12,15-25,42-44H2,1H3,(H,48,56)(H,49,55)(H,60,61)(H4,45,46,47)/t26?,28-,29-,30-,31-,32-,34-/m0/s1. The van der Waals surface area contributed by atoms with Crippen LogP contribution in [0.1, 0.15) is 96.0 Å². The second-order valence-electron chi connectivity index (χ2n) is 15.8. The normalized spacial score (nSPS) is 18.6. The van der Waals surface area contributed by atoms with Crippen LogP contribution < -0.4 is 38.9 Å². The van der Waals surface area contributed by atoms with Gasteiger partial charge >= 0.3 is 5.97 Å². The van der Waals surface area contributed by atoms with Gasteiger partial charge in [0, 0.05) is 26.1 Å². The molecule has 0 aromatic heterocycles. The predicted molar refractivity (Wildman–Crippen MR) is 226 cm³/mol. The van der Waals surface area contributed by atoms with Crippen molar-refractivity contribution in [3.05, 3.63) is 35.9 Å². The third-order valence-corrected chi connectivity index (χ3v) is 11.0. The Morgan fingerprint density at radius 1 is 0.852 bits per heavy atom. The lowest BCUT2D eigenvalue weighted by Crippen LogP contribution is -2.63. The zero-order chi connectivity index (χ0) is 45.1. The lowest BCUT2D eigenvalue weighted by Gasteiger charge is -2.35. The number of amides is 6. The molecule has 0 bridgehead atoms. The predicted octanol–water partition coefficient (Wildman–Crippen LogP) is -1.39. The number of hydrogen-bond acceptors (Lipinski definition) is 12. The van der Waals surface area contributed by atoms with Gasteiger partial charge in [-0.25, -0.2) is 4.79 Å². The van der Waals surface area contributed by atoms with Gasteiger partial charge in [0.15, 0.2) is 5.96 Å². The van der Waals surface area contributed by atoms with Gasteiger partial charge in [-0.2, -0.15) is 0 Å². The molecule has 0 spiro atoms. The Bertz CT molecular complexity index is 1650. The summed E-state index contributed by atoms with van der Waals surface area (Å²) in [5.41, 5.74) is 23.8. The van der Waals surface area contributed by atoms with Crippen LogP contribution in [0, 0.1) is 5.41 Å². The van der Waals surface area contributed by atoms with Crippen molar-refractivity contribution in [3.8, 4) is 0 Å². The van der Waals surface area contributed by atoms with Crippen LogP contribution in [0.2, 0.25) is 0 Å². The summed E-state index contributed by atoms with van der Waals surface area (Å²) in [5, 5.41) is 35.9. The van der Waals surface area contributed by atoms with Crippen molar-refractivity contribution < 1.29 is 43.8 Å². The molecule has 61 heavy (non-hydrogen) atoms. The number of nitrogens with two attached hydrogens (primary N) is 4. The summed E-state index contributed by atoms with van der Waals surface area (Å²) >= 11 is 0. The molecule has 0 radical (unpaired) electrons. The Balaban J connectivity index is 1.84. The molecule has 2 saturated heterocycles. The molecule has 1 aromatic carbocycles. The first kappa shape index (κ1) is 50.2. The van der Waals surface area contributed by atoms with Gasteiger partial charge in [-0.3, -0.25) is 39.1 Å². The van der Waals surface area contributed by atoms with E-state index < -0.39 is 83.8 Å². The average Bonchev–Trinajstić information content (AvgIpc) is 3.93. The molecule has 0 aliphatic carbocycles. The van der Waals surface area contributed by atoms with Gasteiger partial charge in [0.05, 0.1) is 12.1 Å². The number of carbonyl (C=O) groups is 7. The molecule has 20 heteroatoms. The number of aliphatic hydroxyl groups excluding tert-OH is 1. The smallest absolute Gasteiger partial charge is 0.326 e. The van der Waals surface area contributed by atoms with E-state index in [0.29, 0.717) is 64.5 Å². The molecule has 2 aliphatic rings. The van der Waals surface area contributed by atoms with Crippen molar-refractivity contribution in [1.82, 2.24) is 30.7 Å². The SMILES string of the molecule is CC(O)[C@@H](C(=O)N[C@@H](CCCCN)C(=O)N1CCC[C@H]1C(=O)N1CCC[C@H]1C(=O)N[C@@H](CCCNC(=N)N)C(=O)O)N(C(=O)CCCCCN)C(=O)[C@@H](N)Cc1ccccc1. The van der Waals surface area contributed by atoms with E-state index in [4.69, 9.17) is 28.3 Å². The van der Waals surface area contributed by atoms with Crippen LogP contribution in [0.5, 0.6) is 0 Å². The molecule has 0 saturated carbocycles. The van der Waals surface area contributed by atoms with Gasteiger partial charge in [0.1, 0.15) is 30.2 Å². The van der Waals surface area contributed by atoms with E-state index >= 15 is 0 Å². The van der Waals surface area contributed by atoms with Crippen molar-refractivity contribution >= 4 is 47.4 Å². The highest BCUT2D eigenvalue weighted by Gasteiger charge is 2.45. The number of aliphatic carboxylic acids is 1. The van der Waals surface area contributed by atoms with Crippen molar-refractivity contribution in [3.63, 3.8) is 0 Å². The summed E-state index contributed by atoms with van der Waals surface area (Å²) in [4.78, 5) is 99.7. The molecule has 1 unspecified atom stereocenters. The number of carbonyl (C=O) groups excluding carboxylic acids is 6. The molecular weight excluding hydrogens is 791 g/mol. The molecule has 7 atom stereocenters. The summed E-state index contributed by atoms with van der Waals surface area (Å²) in [6, 6.07) is 1.45. The summed E-state index contributed by atoms with van der Waals surface area (Å²) < 4.78 is 0. The second kappa shape index (κ2) is 25.6. The molecule has 340 valence electrons. The first-order valence-electron chi connectivity index (χ1n) is 21.4. The number of carboxylic acids is 1. The quantitative estimate of drug-likeness (QED) is 0.0308. The van der Waals surface area contributed by atoms with E-state index in [1.165, 1.54) is 16.7 Å². The van der Waals surface area contributed by atoms with Crippen molar-refractivity contribution in [2.45, 2.75) is 139 Å². The fraction of sp³-hybridized carbons (Fsp3) is 0.659. The highest BCUT2D eigenvalue weighted by Crippen LogP contribution is 2.27. The number of rotatable bonds is 25. The van der Waals surface area contributed by atoms with Crippen LogP contribution in [0.15, 0.2) is 30.3 Å². The summed E-state index contributed by atoms with van der Waals surface area (Å²) in [6.45, 7) is 2.58. The Morgan fingerprint density at radius 3 is 2.10 bits per heavy atom. The number of carboxylic acid groups (broad SMARTS) is 1. The van der Waals surface area contributed by atoms with Gasteiger partial charge < -0.3 is 58.9 Å². The Hall–Kier alpha value is -5.18. The zero-order valence-electron chi connectivity index (χ0n) is 35.3. The number of aliphatic hydroxyl groups is 1. The first-order valence-corrected chi connectivity index (χ1v) is 21.4. The lowest BCUT2D eigenvalue weighted by atomic mass is 10.0. The zero-order valence-corrected chi connectivity index (χ0v) is 35.3. The Kier molecular flexibility index (Phi) is 21.0. The van der Waals surface area contributed by atoms with E-state index in [2.05, 4.69) is 16.0 Å². The molecule has 14 N–H and O–H groups in total. The maximum atomic E-state index is 14.5. The minimum Gasteiger partial charge on any atom is -0.480 e. The number of guanidine groups is 1. The molecular formula is C41H67N11O9. The number of nitrogens with one attached hydrogen (secondary N) is 4. The summed E-state index contributed by atoms with van der Waals surface area (Å²) in [7, 11) is 0. The minimum absolute atomic E-state index is 0.0506. The Morgan fingerprint density at radius 2 is 1.48 bits per heavy atom. The molecule has 1 aromatic rings. The molecule has 2 heterocycles. The third kappa shape index (κ3) is 15.0. The molecule has 6 amide bonds. The van der Waals surface area contributed by atoms with E-state index in [1.54, 1.807) is 30.3 Å². The average molecular weight is 858 g/mol. The number of likely N-dealkylation sites (tertiary alicyclic amines) is 2. The highest BCUT2D eigenvalue weighted by atomic mass is 16.4. The first-order chi connectivity index (χ1) is 29.1. The van der Waals surface area contributed by atoms with E-state index in [-0.39, 0.29) is 64.1 Å². The van der Waals surface area contributed by atoms with Gasteiger partial charge in [0.25, 0.3) is 0 Å². The minimum atomic E-state index is -1.75. The summed E-state index contributed by atoms with van der Waals surface area (Å²) in [5.74, 6) is -5.78. The van der Waals surface area contributed by atoms with Crippen LogP contribution in [0.3, 0.4) is 0 Å². The van der Waals surface area contributed by atoms with Gasteiger partial charge in [-0.1, -0.05) is 36.8 Å². The largest absolute Gasteiger partial charge is 0.480 e. The van der Waals surface area contributed by atoms with Crippen LogP contribution in [0.4, 0.5) is 0 Å². The number of hydrogen-bond donors (Lipinski definition) is 10. The number of imide groups is 1. The second-order valence-corrected chi connectivity index (χ2v) is 15.8. The maximum absolute atomic E-state index is 14.5. The molecule has 2 fully saturated rings. The lowest BCUT2D eigenvalue weighted by molar-refractivity contribution is -0.157. The van der Waals surface area contributed by atoms with Gasteiger partial charge in [-0.05, 0) is 103 Å².